The number of carbonyl (C=O) groups is 2. The SMILES string of the molecule is COc1cc(CNC(=O)[C@]2(CCC(=O)OC(C)(C)C)N=C(c3ccc(OCCCO)cc3)O[C@@H]2c2ccc(Br)cc2)cc(OC)c1OC. The van der Waals surface area contributed by atoms with E-state index in [0.29, 0.717) is 52.7 Å². The molecule has 2 N–H and O–H groups in total. The highest BCUT2D eigenvalue weighted by molar-refractivity contribution is 9.10. The molecule has 48 heavy (non-hydrogen) atoms. The molecule has 0 spiro atoms. The molecule has 0 aromatic heterocycles. The topological polar surface area (TPSA) is 134 Å². The zero-order valence-electron chi connectivity index (χ0n) is 28.1. The van der Waals surface area contributed by atoms with Gasteiger partial charge in [0, 0.05) is 36.0 Å². The number of halogens is 1. The Balaban J connectivity index is 1.74. The number of aliphatic hydroxyl groups is 1. The van der Waals surface area contributed by atoms with Crippen molar-refractivity contribution in [3.05, 3.63) is 81.8 Å². The second kappa shape index (κ2) is 16.2. The van der Waals surface area contributed by atoms with Gasteiger partial charge in [-0.2, -0.15) is 0 Å². The maximum absolute atomic E-state index is 14.5. The Kier molecular flexibility index (Phi) is 12.3. The normalized spacial score (nSPS) is 17.2. The van der Waals surface area contributed by atoms with Crippen LogP contribution < -0.4 is 24.3 Å². The third kappa shape index (κ3) is 8.99. The van der Waals surface area contributed by atoms with Gasteiger partial charge in [-0.05, 0) is 86.8 Å². The van der Waals surface area contributed by atoms with Gasteiger partial charge in [0.05, 0.1) is 27.9 Å². The highest BCUT2D eigenvalue weighted by Crippen LogP contribution is 2.44. The molecular formula is C36H43BrN2O9. The van der Waals surface area contributed by atoms with Crippen LogP contribution in [0.3, 0.4) is 0 Å². The molecule has 1 heterocycles. The van der Waals surface area contributed by atoms with Gasteiger partial charge in [-0.25, -0.2) is 4.99 Å². The number of amides is 1. The van der Waals surface area contributed by atoms with E-state index < -0.39 is 29.1 Å². The first-order chi connectivity index (χ1) is 22.9. The molecular weight excluding hydrogens is 684 g/mol. The summed E-state index contributed by atoms with van der Waals surface area (Å²) >= 11 is 3.49. The molecule has 1 amide bonds. The number of nitrogens with zero attached hydrogens (tertiary/aromatic N) is 1. The van der Waals surface area contributed by atoms with Gasteiger partial charge in [0.2, 0.25) is 11.6 Å². The molecule has 0 unspecified atom stereocenters. The van der Waals surface area contributed by atoms with Crippen molar-refractivity contribution in [3.8, 4) is 23.0 Å². The Hall–Kier alpha value is -4.29. The van der Waals surface area contributed by atoms with Crippen molar-refractivity contribution in [1.82, 2.24) is 5.32 Å². The molecule has 12 heteroatoms. The lowest BCUT2D eigenvalue weighted by Gasteiger charge is -2.31. The van der Waals surface area contributed by atoms with Gasteiger partial charge >= 0.3 is 5.97 Å². The van der Waals surface area contributed by atoms with Crippen LogP contribution in [-0.4, -0.2) is 68.6 Å². The van der Waals surface area contributed by atoms with Crippen LogP contribution in [-0.2, 0) is 25.6 Å². The van der Waals surface area contributed by atoms with Gasteiger partial charge in [0.1, 0.15) is 11.4 Å². The van der Waals surface area contributed by atoms with E-state index in [1.807, 2.05) is 24.3 Å². The molecule has 3 aromatic carbocycles. The number of ether oxygens (including phenoxy) is 6. The fourth-order valence-corrected chi connectivity index (χ4v) is 5.53. The van der Waals surface area contributed by atoms with Gasteiger partial charge < -0.3 is 38.8 Å². The summed E-state index contributed by atoms with van der Waals surface area (Å²) in [4.78, 5) is 32.5. The molecule has 2 atom stereocenters. The highest BCUT2D eigenvalue weighted by Gasteiger charge is 2.53. The zero-order valence-corrected chi connectivity index (χ0v) is 29.7. The molecule has 0 radical (unpaired) electrons. The Morgan fingerprint density at radius 1 is 0.979 bits per heavy atom. The van der Waals surface area contributed by atoms with Gasteiger partial charge in [0.25, 0.3) is 5.91 Å². The summed E-state index contributed by atoms with van der Waals surface area (Å²) in [6, 6.07) is 18.1. The molecule has 11 nitrogen and oxygen atoms in total. The second-order valence-corrected chi connectivity index (χ2v) is 13.1. The Labute approximate surface area is 289 Å². The highest BCUT2D eigenvalue weighted by atomic mass is 79.9. The monoisotopic (exact) mass is 726 g/mol. The van der Waals surface area contributed by atoms with E-state index in [9.17, 15) is 9.59 Å². The second-order valence-electron chi connectivity index (χ2n) is 12.1. The number of rotatable bonds is 15. The van der Waals surface area contributed by atoms with Gasteiger partial charge in [-0.1, -0.05) is 28.1 Å². The Bertz CT molecular complexity index is 1560. The van der Waals surface area contributed by atoms with Crippen molar-refractivity contribution in [1.29, 1.82) is 0 Å². The van der Waals surface area contributed by atoms with Crippen LogP contribution in [0.15, 0.2) is 70.1 Å². The number of carbonyl (C=O) groups excluding carboxylic acids is 2. The van der Waals surface area contributed by atoms with E-state index in [1.165, 1.54) is 21.3 Å². The summed E-state index contributed by atoms with van der Waals surface area (Å²) in [6.45, 7) is 5.89. The number of aliphatic imine (C=N–C) groups is 1. The number of hydrogen-bond donors (Lipinski definition) is 2. The van der Waals surface area contributed by atoms with Crippen LogP contribution in [0, 0.1) is 0 Å². The Morgan fingerprint density at radius 2 is 1.62 bits per heavy atom. The number of nitrogens with one attached hydrogen (secondary N) is 1. The van der Waals surface area contributed by atoms with E-state index in [-0.39, 0.29) is 31.9 Å². The third-order valence-corrected chi connectivity index (χ3v) is 8.04. The van der Waals surface area contributed by atoms with Crippen molar-refractivity contribution >= 4 is 33.7 Å². The third-order valence-electron chi connectivity index (χ3n) is 7.51. The summed E-state index contributed by atoms with van der Waals surface area (Å²) in [6.07, 6.45) is -0.434. The molecule has 0 aliphatic carbocycles. The number of benzene rings is 3. The standard InChI is InChI=1S/C36H43BrN2O9/c1-35(2,3)48-30(41)16-17-36(34(42)38-22-23-20-28(43-4)31(45-6)29(21-23)44-5)32(24-8-12-26(37)13-9-24)47-33(39-36)25-10-14-27(15-11-25)46-19-7-18-40/h8-15,20-21,32,40H,7,16-19,22H2,1-6H3,(H,38,42)/t32-,36-/m1/s1. The molecule has 4 rings (SSSR count). The van der Waals surface area contributed by atoms with Gasteiger partial charge in [0.15, 0.2) is 23.1 Å². The smallest absolute Gasteiger partial charge is 0.306 e. The first-order valence-electron chi connectivity index (χ1n) is 15.6. The zero-order chi connectivity index (χ0) is 34.9. The molecule has 0 saturated heterocycles. The number of methoxy groups -OCH3 is 3. The molecule has 258 valence electrons. The van der Waals surface area contributed by atoms with E-state index in [1.54, 1.807) is 57.2 Å². The van der Waals surface area contributed by atoms with Gasteiger partial charge in [-0.3, -0.25) is 9.59 Å². The summed E-state index contributed by atoms with van der Waals surface area (Å²) in [5, 5.41) is 12.1. The van der Waals surface area contributed by atoms with Crippen LogP contribution in [0.2, 0.25) is 0 Å². The average Bonchev–Trinajstić information content (AvgIpc) is 3.46. The van der Waals surface area contributed by atoms with Crippen molar-refractivity contribution in [2.45, 2.75) is 63.8 Å². The van der Waals surface area contributed by atoms with Crippen molar-refractivity contribution in [2.24, 2.45) is 4.99 Å². The molecule has 0 fully saturated rings. The lowest BCUT2D eigenvalue weighted by Crippen LogP contribution is -2.48. The molecule has 0 bridgehead atoms. The maximum atomic E-state index is 14.5. The number of aliphatic hydroxyl groups excluding tert-OH is 1. The molecule has 1 aliphatic heterocycles. The average molecular weight is 728 g/mol. The van der Waals surface area contributed by atoms with Crippen LogP contribution in [0.1, 0.15) is 62.8 Å². The molecule has 3 aromatic rings. The van der Waals surface area contributed by atoms with Crippen molar-refractivity contribution < 1.29 is 43.1 Å². The predicted octanol–water partition coefficient (Wildman–Crippen LogP) is 5.93. The fourth-order valence-electron chi connectivity index (χ4n) is 5.27. The van der Waals surface area contributed by atoms with E-state index in [0.717, 1.165) is 4.47 Å². The van der Waals surface area contributed by atoms with Crippen molar-refractivity contribution in [3.63, 3.8) is 0 Å². The van der Waals surface area contributed by atoms with E-state index in [2.05, 4.69) is 21.2 Å². The number of esters is 1. The molecule has 1 aliphatic rings. The fraction of sp³-hybridized carbons (Fsp3) is 0.417. The van der Waals surface area contributed by atoms with E-state index >= 15 is 0 Å². The van der Waals surface area contributed by atoms with Crippen LogP contribution >= 0.6 is 15.9 Å². The summed E-state index contributed by atoms with van der Waals surface area (Å²) in [5.41, 5.74) is -0.223. The van der Waals surface area contributed by atoms with Crippen LogP contribution in [0.5, 0.6) is 23.0 Å². The largest absolute Gasteiger partial charge is 0.494 e. The minimum atomic E-state index is -1.54. The lowest BCUT2D eigenvalue weighted by molar-refractivity contribution is -0.155. The summed E-state index contributed by atoms with van der Waals surface area (Å²) in [7, 11) is 4.56. The van der Waals surface area contributed by atoms with Crippen molar-refractivity contribution in [2.75, 3.05) is 34.5 Å². The Morgan fingerprint density at radius 3 is 2.19 bits per heavy atom. The van der Waals surface area contributed by atoms with E-state index in [4.69, 9.17) is 38.5 Å². The minimum Gasteiger partial charge on any atom is -0.494 e. The number of hydrogen-bond acceptors (Lipinski definition) is 10. The van der Waals surface area contributed by atoms with Crippen LogP contribution in [0.4, 0.5) is 0 Å². The maximum Gasteiger partial charge on any atom is 0.306 e. The summed E-state index contributed by atoms with van der Waals surface area (Å²) in [5.74, 6) is 1.30. The molecule has 0 saturated carbocycles. The minimum absolute atomic E-state index is 0.00951. The lowest BCUT2D eigenvalue weighted by atomic mass is 9.83. The first kappa shape index (κ1) is 36.5. The van der Waals surface area contributed by atoms with Crippen LogP contribution in [0.25, 0.3) is 0 Å². The predicted molar refractivity (Wildman–Crippen MR) is 184 cm³/mol. The quantitative estimate of drug-likeness (QED) is 0.144. The first-order valence-corrected chi connectivity index (χ1v) is 16.4. The van der Waals surface area contributed by atoms with Gasteiger partial charge in [-0.15, -0.1) is 0 Å². The summed E-state index contributed by atoms with van der Waals surface area (Å²) < 4.78 is 35.1.